The molecule has 1 aliphatic rings. The molecular formula is C24H28FN3O. The Morgan fingerprint density at radius 1 is 1.14 bits per heavy atom. The van der Waals surface area contributed by atoms with Crippen LogP contribution in [0.25, 0.3) is 10.9 Å². The monoisotopic (exact) mass is 393 g/mol. The van der Waals surface area contributed by atoms with Crippen LogP contribution in [0.1, 0.15) is 36.9 Å². The highest BCUT2D eigenvalue weighted by molar-refractivity contribution is 5.83. The molecule has 0 aliphatic carbocycles. The van der Waals surface area contributed by atoms with Gasteiger partial charge in [0, 0.05) is 36.6 Å². The van der Waals surface area contributed by atoms with E-state index in [0.29, 0.717) is 0 Å². The zero-order valence-electron chi connectivity index (χ0n) is 17.1. The number of aryl methyl sites for hydroxylation is 1. The van der Waals surface area contributed by atoms with Crippen molar-refractivity contribution in [3.05, 3.63) is 71.7 Å². The van der Waals surface area contributed by atoms with Crippen molar-refractivity contribution in [1.29, 1.82) is 0 Å². The lowest BCUT2D eigenvalue weighted by molar-refractivity contribution is -0.127. The first kappa shape index (κ1) is 19.6. The van der Waals surface area contributed by atoms with E-state index < -0.39 is 0 Å². The maximum atomic E-state index is 13.1. The number of rotatable bonds is 5. The van der Waals surface area contributed by atoms with E-state index in [1.807, 2.05) is 6.92 Å². The van der Waals surface area contributed by atoms with Gasteiger partial charge in [0.05, 0.1) is 6.04 Å². The van der Waals surface area contributed by atoms with Crippen LogP contribution in [0.15, 0.2) is 54.7 Å². The quantitative estimate of drug-likeness (QED) is 0.697. The van der Waals surface area contributed by atoms with Crippen molar-refractivity contribution in [3.63, 3.8) is 0 Å². The third-order valence-corrected chi connectivity index (χ3v) is 6.06. The van der Waals surface area contributed by atoms with Gasteiger partial charge in [0.25, 0.3) is 0 Å². The Bertz CT molecular complexity index is 987. The Labute approximate surface area is 171 Å². The van der Waals surface area contributed by atoms with E-state index in [1.54, 1.807) is 12.1 Å². The lowest BCUT2D eigenvalue weighted by Gasteiger charge is -2.31. The summed E-state index contributed by atoms with van der Waals surface area (Å²) in [6.45, 7) is 4.71. The second-order valence-corrected chi connectivity index (χ2v) is 8.11. The van der Waals surface area contributed by atoms with Crippen LogP contribution >= 0.6 is 0 Å². The molecule has 1 aromatic heterocycles. The molecule has 0 spiro atoms. The summed E-state index contributed by atoms with van der Waals surface area (Å²) in [5.74, 6) is -0.112. The zero-order valence-corrected chi connectivity index (χ0v) is 17.1. The molecule has 1 amide bonds. The number of nitrogens with one attached hydrogen (secondary N) is 1. The van der Waals surface area contributed by atoms with Gasteiger partial charge in [-0.25, -0.2) is 4.39 Å². The molecule has 2 heterocycles. The molecule has 0 radical (unpaired) electrons. The van der Waals surface area contributed by atoms with Crippen LogP contribution < -0.4 is 5.32 Å². The van der Waals surface area contributed by atoms with Crippen LogP contribution in [-0.4, -0.2) is 28.5 Å². The molecule has 1 saturated heterocycles. The number of halogens is 1. The molecule has 1 fully saturated rings. The molecule has 5 heteroatoms. The Morgan fingerprint density at radius 2 is 1.83 bits per heavy atom. The van der Waals surface area contributed by atoms with Gasteiger partial charge >= 0.3 is 0 Å². The van der Waals surface area contributed by atoms with Gasteiger partial charge in [0.1, 0.15) is 5.82 Å². The number of piperidine rings is 1. The summed E-state index contributed by atoms with van der Waals surface area (Å²) in [5, 5.41) is 4.40. The Kier molecular flexibility index (Phi) is 5.67. The number of aromatic nitrogens is 1. The van der Waals surface area contributed by atoms with Crippen LogP contribution in [0, 0.1) is 11.7 Å². The van der Waals surface area contributed by atoms with E-state index in [0.717, 1.165) is 38.0 Å². The normalized spacial score (nSPS) is 16.8. The Morgan fingerprint density at radius 3 is 2.55 bits per heavy atom. The fourth-order valence-electron chi connectivity index (χ4n) is 4.31. The number of hydrogen-bond donors (Lipinski definition) is 1. The highest BCUT2D eigenvalue weighted by Crippen LogP contribution is 2.25. The van der Waals surface area contributed by atoms with Crippen molar-refractivity contribution in [2.24, 2.45) is 13.0 Å². The first-order valence-electron chi connectivity index (χ1n) is 10.3. The van der Waals surface area contributed by atoms with Gasteiger partial charge in [0.15, 0.2) is 0 Å². The number of likely N-dealkylation sites (tertiary alicyclic amines) is 1. The highest BCUT2D eigenvalue weighted by atomic mass is 19.1. The summed E-state index contributed by atoms with van der Waals surface area (Å²) in [6.07, 6.45) is 3.95. The third-order valence-electron chi connectivity index (χ3n) is 6.06. The van der Waals surface area contributed by atoms with Gasteiger partial charge in [-0.1, -0.05) is 30.3 Å². The summed E-state index contributed by atoms with van der Waals surface area (Å²) in [4.78, 5) is 15.1. The summed E-state index contributed by atoms with van der Waals surface area (Å²) < 4.78 is 15.3. The van der Waals surface area contributed by atoms with Gasteiger partial charge in [0.2, 0.25) is 5.91 Å². The van der Waals surface area contributed by atoms with Crippen molar-refractivity contribution < 1.29 is 9.18 Å². The molecule has 4 rings (SSSR count). The highest BCUT2D eigenvalue weighted by Gasteiger charge is 2.26. The smallest absolute Gasteiger partial charge is 0.223 e. The molecule has 1 N–H and O–H groups in total. The molecule has 1 atom stereocenters. The van der Waals surface area contributed by atoms with Crippen molar-refractivity contribution in [1.82, 2.24) is 14.8 Å². The number of para-hydroxylation sites is 1. The van der Waals surface area contributed by atoms with Gasteiger partial charge in [-0.05, 0) is 62.2 Å². The largest absolute Gasteiger partial charge is 0.350 e. The summed E-state index contributed by atoms with van der Waals surface area (Å²) in [7, 11) is 2.09. The van der Waals surface area contributed by atoms with Crippen molar-refractivity contribution >= 4 is 16.8 Å². The van der Waals surface area contributed by atoms with Crippen LogP contribution in [0.3, 0.4) is 0 Å². The number of carbonyl (C=O) groups excluding carboxylic acids is 1. The molecule has 1 aliphatic heterocycles. The van der Waals surface area contributed by atoms with E-state index in [4.69, 9.17) is 0 Å². The van der Waals surface area contributed by atoms with Gasteiger partial charge in [-0.15, -0.1) is 0 Å². The lowest BCUT2D eigenvalue weighted by Crippen LogP contribution is -2.40. The zero-order chi connectivity index (χ0) is 20.4. The third kappa shape index (κ3) is 4.35. The molecule has 152 valence electrons. The minimum atomic E-state index is -0.258. The molecule has 3 aromatic rings. The van der Waals surface area contributed by atoms with Crippen LogP contribution in [0.2, 0.25) is 0 Å². The van der Waals surface area contributed by atoms with Crippen LogP contribution in [0.4, 0.5) is 4.39 Å². The van der Waals surface area contributed by atoms with E-state index in [-0.39, 0.29) is 23.7 Å². The van der Waals surface area contributed by atoms with E-state index in [2.05, 4.69) is 52.3 Å². The van der Waals surface area contributed by atoms with Crippen molar-refractivity contribution in [2.75, 3.05) is 13.1 Å². The van der Waals surface area contributed by atoms with Crippen LogP contribution in [-0.2, 0) is 18.4 Å². The van der Waals surface area contributed by atoms with Crippen molar-refractivity contribution in [2.45, 2.75) is 32.4 Å². The van der Waals surface area contributed by atoms with Crippen LogP contribution in [0.5, 0.6) is 0 Å². The summed E-state index contributed by atoms with van der Waals surface area (Å²) in [5.41, 5.74) is 3.52. The number of hydrogen-bond acceptors (Lipinski definition) is 2. The topological polar surface area (TPSA) is 37.3 Å². The number of fused-ring (bicyclic) bond motifs is 1. The van der Waals surface area contributed by atoms with Gasteiger partial charge in [-0.2, -0.15) is 0 Å². The second-order valence-electron chi connectivity index (χ2n) is 8.11. The van der Waals surface area contributed by atoms with E-state index >= 15 is 0 Å². The van der Waals surface area contributed by atoms with E-state index in [1.165, 1.54) is 28.6 Å². The van der Waals surface area contributed by atoms with E-state index in [9.17, 15) is 9.18 Å². The predicted octanol–water partition coefficient (Wildman–Crippen LogP) is 4.41. The molecule has 29 heavy (non-hydrogen) atoms. The molecular weight excluding hydrogens is 365 g/mol. The number of amides is 1. The average Bonchev–Trinajstić information content (AvgIpc) is 3.04. The summed E-state index contributed by atoms with van der Waals surface area (Å²) >= 11 is 0. The molecule has 0 bridgehead atoms. The maximum Gasteiger partial charge on any atom is 0.223 e. The van der Waals surface area contributed by atoms with Gasteiger partial charge < -0.3 is 9.88 Å². The average molecular weight is 394 g/mol. The van der Waals surface area contributed by atoms with Crippen molar-refractivity contribution in [3.8, 4) is 0 Å². The minimum absolute atomic E-state index is 0.0432. The molecule has 4 nitrogen and oxygen atoms in total. The Hall–Kier alpha value is -2.66. The Balaban J connectivity index is 1.32. The lowest BCUT2D eigenvalue weighted by atomic mass is 9.95. The molecule has 2 aromatic carbocycles. The second kappa shape index (κ2) is 8.37. The predicted molar refractivity (Wildman–Crippen MR) is 114 cm³/mol. The summed E-state index contributed by atoms with van der Waals surface area (Å²) in [6, 6.07) is 14.7. The minimum Gasteiger partial charge on any atom is -0.350 e. The number of benzene rings is 2. The number of carbonyl (C=O) groups is 1. The maximum absolute atomic E-state index is 13.1. The molecule has 0 unspecified atom stereocenters. The SMILES string of the molecule is C[C@H](NC(=O)C1CCN(Cc2cn(C)c3ccccc23)CC1)c1ccc(F)cc1. The number of nitrogens with zero attached hydrogens (tertiary/aromatic N) is 2. The standard InChI is InChI=1S/C24H28FN3O/c1-17(18-7-9-21(25)10-8-18)26-24(29)19-11-13-28(14-12-19)16-20-15-27(2)23-6-4-3-5-22(20)23/h3-10,15,17,19H,11-14,16H2,1-2H3,(H,26,29)/t17-/m0/s1. The molecule has 0 saturated carbocycles. The first-order chi connectivity index (χ1) is 14.0. The van der Waals surface area contributed by atoms with Gasteiger partial charge in [-0.3, -0.25) is 9.69 Å². The first-order valence-corrected chi connectivity index (χ1v) is 10.3. The fraction of sp³-hybridized carbons (Fsp3) is 0.375. The fourth-order valence-corrected chi connectivity index (χ4v) is 4.31.